The zero-order valence-corrected chi connectivity index (χ0v) is 43.6. The summed E-state index contributed by atoms with van der Waals surface area (Å²) in [6, 6.07) is 30.9. The van der Waals surface area contributed by atoms with E-state index < -0.39 is 12.1 Å². The maximum atomic E-state index is 11.0. The minimum Gasteiger partial charge on any atom is -0.508 e. The number of aromatic nitrogens is 2. The molecular weight excluding hydrogens is 949 g/mol. The monoisotopic (exact) mass is 1020 g/mol. The van der Waals surface area contributed by atoms with Gasteiger partial charge in [0.1, 0.15) is 40.4 Å². The quantitative estimate of drug-likeness (QED) is 0.0439. The Morgan fingerprint density at radius 2 is 1.04 bits per heavy atom. The van der Waals surface area contributed by atoms with Crippen LogP contribution in [0.2, 0.25) is 0 Å². The van der Waals surface area contributed by atoms with E-state index in [0.29, 0.717) is 49.1 Å². The minimum atomic E-state index is -0.440. The molecule has 0 spiro atoms. The van der Waals surface area contributed by atoms with Gasteiger partial charge in [-0.05, 0) is 185 Å². The smallest absolute Gasteiger partial charge is 0.159 e. The number of hydrogen-bond acceptors (Lipinski definition) is 14. The number of allylic oxidation sites excluding steroid dienone is 1. The highest BCUT2D eigenvalue weighted by Crippen LogP contribution is 2.48. The maximum Gasteiger partial charge on any atom is 0.159 e. The Hall–Kier alpha value is -7.94. The van der Waals surface area contributed by atoms with E-state index in [1.807, 2.05) is 54.9 Å². The van der Waals surface area contributed by atoms with Crippen molar-refractivity contribution in [2.75, 3.05) is 0 Å². The van der Waals surface area contributed by atoms with Crippen LogP contribution >= 0.6 is 0 Å². The van der Waals surface area contributed by atoms with Crippen molar-refractivity contribution < 1.29 is 49.2 Å². The van der Waals surface area contributed by atoms with Gasteiger partial charge in [-0.3, -0.25) is 33.9 Å². The van der Waals surface area contributed by atoms with E-state index in [1.165, 1.54) is 55.2 Å². The van der Waals surface area contributed by atoms with E-state index in [1.54, 1.807) is 87.8 Å². The lowest BCUT2D eigenvalue weighted by Crippen LogP contribution is -2.30. The molecule has 2 heterocycles. The first-order valence-electron chi connectivity index (χ1n) is 24.8. The number of phenolic OH excluding ortho intramolecular Hbond substituents is 4. The topological polar surface area (TPSA) is 261 Å². The Bertz CT molecular complexity index is 2740. The van der Waals surface area contributed by atoms with Crippen LogP contribution in [0.15, 0.2) is 140 Å². The van der Waals surface area contributed by atoms with Gasteiger partial charge in [-0.1, -0.05) is 66.7 Å². The number of hydrogen-bond donors (Lipinski definition) is 6. The van der Waals surface area contributed by atoms with Crippen LogP contribution in [0.25, 0.3) is 6.08 Å². The number of rotatable bonds is 14. The Labute approximate surface area is 439 Å². The molecule has 6 aromatic rings. The lowest BCUT2D eigenvalue weighted by molar-refractivity contribution is -0.119. The molecule has 2 fully saturated rings. The summed E-state index contributed by atoms with van der Waals surface area (Å²) in [7, 11) is 0. The van der Waals surface area contributed by atoms with Crippen molar-refractivity contribution >= 4 is 40.8 Å². The molecule has 0 amide bonds. The van der Waals surface area contributed by atoms with Gasteiger partial charge in [0.25, 0.3) is 0 Å². The van der Waals surface area contributed by atoms with Crippen LogP contribution in [0.5, 0.6) is 23.0 Å². The molecule has 0 bridgehead atoms. The third-order valence-electron chi connectivity index (χ3n) is 12.7. The average Bonchev–Trinajstić information content (AvgIpc) is 4.33. The molecule has 0 radical (unpaired) electrons. The molecule has 0 unspecified atom stereocenters. The molecule has 2 aromatic heterocycles. The van der Waals surface area contributed by atoms with Gasteiger partial charge >= 0.3 is 0 Å². The zero-order valence-electron chi connectivity index (χ0n) is 43.6. The Kier molecular flexibility index (Phi) is 23.6. The van der Waals surface area contributed by atoms with Crippen molar-refractivity contribution in [2.24, 2.45) is 23.3 Å². The number of phenols is 4. The second-order valence-electron chi connectivity index (χ2n) is 19.0. The lowest BCUT2D eigenvalue weighted by Gasteiger charge is -2.07. The number of ketones is 6. The second-order valence-corrected chi connectivity index (χ2v) is 19.0. The lowest BCUT2D eigenvalue weighted by atomic mass is 10.0. The van der Waals surface area contributed by atoms with Crippen LogP contribution in [-0.2, 0) is 49.7 Å². The first-order valence-corrected chi connectivity index (χ1v) is 24.8. The highest BCUT2D eigenvalue weighted by Gasteiger charge is 2.42. The summed E-state index contributed by atoms with van der Waals surface area (Å²) >= 11 is 0. The summed E-state index contributed by atoms with van der Waals surface area (Å²) in [6.07, 6.45) is 16.6. The summed E-state index contributed by atoms with van der Waals surface area (Å²) < 4.78 is 0. The Morgan fingerprint density at radius 3 is 1.41 bits per heavy atom. The van der Waals surface area contributed by atoms with Crippen molar-refractivity contribution in [3.05, 3.63) is 185 Å². The number of Topliss-reactive ketones (excluding diaryl/α,β-unsaturated/α-hetero) is 6. The van der Waals surface area contributed by atoms with Gasteiger partial charge in [0.2, 0.25) is 0 Å². The number of nitrogens with two attached hydrogens (primary N) is 2. The van der Waals surface area contributed by atoms with Crippen LogP contribution in [0, 0.1) is 11.8 Å². The van der Waals surface area contributed by atoms with Crippen LogP contribution in [-0.4, -0.2) is 77.2 Å². The fraction of sp³-hybridized carbons (Fsp3) is 0.311. The van der Waals surface area contributed by atoms with Crippen molar-refractivity contribution in [1.29, 1.82) is 0 Å². The molecule has 6 atom stereocenters. The third kappa shape index (κ3) is 21.2. The van der Waals surface area contributed by atoms with E-state index in [0.717, 1.165) is 41.5 Å². The summed E-state index contributed by atoms with van der Waals surface area (Å²) in [6.45, 7) is 9.42. The summed E-state index contributed by atoms with van der Waals surface area (Å²) in [5, 5.41) is 36.1. The fourth-order valence-electron chi connectivity index (χ4n) is 7.80. The molecule has 2 saturated carbocycles. The van der Waals surface area contributed by atoms with Crippen molar-refractivity contribution in [1.82, 2.24) is 9.97 Å². The number of carbonyl (C=O) groups excluding carboxylic acids is 6. The highest BCUT2D eigenvalue weighted by atomic mass is 16.3. The van der Waals surface area contributed by atoms with E-state index in [-0.39, 0.29) is 58.0 Å². The molecular formula is C61H70N4O10. The molecule has 14 heteroatoms. The fourth-order valence-corrected chi connectivity index (χ4v) is 7.80. The molecule has 9 rings (SSSR count). The molecule has 3 aliphatic carbocycles. The summed E-state index contributed by atoms with van der Waals surface area (Å²) in [5.74, 6) is 2.47. The van der Waals surface area contributed by atoms with Gasteiger partial charge in [-0.25, -0.2) is 0 Å². The van der Waals surface area contributed by atoms with E-state index in [2.05, 4.69) is 22.1 Å². The summed E-state index contributed by atoms with van der Waals surface area (Å²) in [5.41, 5.74) is 19.7. The van der Waals surface area contributed by atoms with Gasteiger partial charge in [-0.2, -0.15) is 0 Å². The minimum absolute atomic E-state index is 0.0203. The molecule has 0 saturated heterocycles. The number of benzene rings is 4. The normalized spacial score (nSPS) is 16.7. The number of fused-ring (bicyclic) bond motifs is 1. The maximum absolute atomic E-state index is 11.0. The van der Waals surface area contributed by atoms with Crippen LogP contribution < -0.4 is 11.5 Å². The largest absolute Gasteiger partial charge is 0.508 e. The second kappa shape index (κ2) is 29.7. The first kappa shape index (κ1) is 59.6. The molecule has 75 heavy (non-hydrogen) atoms. The predicted octanol–water partition coefficient (Wildman–Crippen LogP) is 9.33. The molecule has 4 aromatic carbocycles. The zero-order chi connectivity index (χ0) is 55.2. The van der Waals surface area contributed by atoms with Gasteiger partial charge in [-0.15, -0.1) is 0 Å². The van der Waals surface area contributed by atoms with Crippen LogP contribution in [0.4, 0.5) is 0 Å². The van der Waals surface area contributed by atoms with Crippen LogP contribution in [0.1, 0.15) is 122 Å². The van der Waals surface area contributed by atoms with Crippen molar-refractivity contribution in [3.63, 3.8) is 0 Å². The molecule has 8 N–H and O–H groups in total. The predicted molar refractivity (Wildman–Crippen MR) is 290 cm³/mol. The third-order valence-corrected chi connectivity index (χ3v) is 12.7. The number of aromatic hydroxyl groups is 4. The number of aryl methyl sites for hydroxylation is 1. The average molecular weight is 1020 g/mol. The van der Waals surface area contributed by atoms with Crippen molar-refractivity contribution in [3.8, 4) is 23.0 Å². The first-order chi connectivity index (χ1) is 35.6. The van der Waals surface area contributed by atoms with E-state index >= 15 is 0 Å². The number of carbonyl (C=O) groups is 6. The van der Waals surface area contributed by atoms with E-state index in [4.69, 9.17) is 31.9 Å². The molecule has 3 aliphatic rings. The molecule has 14 nitrogen and oxygen atoms in total. The van der Waals surface area contributed by atoms with Gasteiger partial charge < -0.3 is 36.7 Å². The Morgan fingerprint density at radius 1 is 0.573 bits per heavy atom. The van der Waals surface area contributed by atoms with Crippen LogP contribution in [0.3, 0.4) is 0 Å². The van der Waals surface area contributed by atoms with Gasteiger partial charge in [0.15, 0.2) is 17.3 Å². The van der Waals surface area contributed by atoms with Gasteiger partial charge in [0, 0.05) is 48.6 Å². The number of nitrogens with zero attached hydrogens (tertiary/aromatic N) is 2. The molecule has 0 aliphatic heterocycles. The summed E-state index contributed by atoms with van der Waals surface area (Å²) in [4.78, 5) is 73.4. The van der Waals surface area contributed by atoms with Crippen molar-refractivity contribution in [2.45, 2.75) is 110 Å². The SMILES string of the molecule is CC(=O)CCc1ccc(O)c(O)c1.CC(=O)[C@@H](N)Cc1ccc(O)cc1.CC(=O)[C@@H]1C[C@@H]1c1cccnc1.CC(=O)[C@H](N)Cc1ccc(O)cc1.CC(=O)[C@H]1C[C@@H]1c1cccnc1.CC(=O)c1ccc2c(c1)CC=C2. The van der Waals surface area contributed by atoms with Gasteiger partial charge in [0.05, 0.1) is 12.1 Å². The highest BCUT2D eigenvalue weighted by molar-refractivity contribution is 5.94. The number of pyridine rings is 2. The Balaban J connectivity index is 0.000000195. The molecule has 394 valence electrons. The van der Waals surface area contributed by atoms with E-state index in [9.17, 15) is 28.8 Å². The standard InChI is InChI=1S/C11H10O.2C10H13NO2.2C10H11NO.C10H12O3/c1-8(12)10-6-5-9-3-2-4-11(9)7-10;2*1-7(12)10(11)6-8-2-4-9(13)5-3-8;2*1-7(12)9-5-10(9)8-3-2-4-11-6-8;1-7(11)2-3-8-4-5-9(12)10(13)6-8/h2-3,5-7H,4H2,1H3;2*2-5,10,13H,6,11H2,1H3;2*2-4,6,9-10H,5H2,1H3;4-6,12-13H,2-3H2,1H3/t;2*10-;9-,10+;9-,10-;/m.1001./s1.